The van der Waals surface area contributed by atoms with E-state index in [0.717, 1.165) is 58.1 Å². The van der Waals surface area contributed by atoms with Crippen LogP contribution in [0.5, 0.6) is 0 Å². The van der Waals surface area contributed by atoms with Crippen LogP contribution in [0.1, 0.15) is 31.1 Å². The van der Waals surface area contributed by atoms with Gasteiger partial charge in [0.1, 0.15) is 11.5 Å². The molecule has 1 aromatic heterocycles. The molecule has 27 heavy (non-hydrogen) atoms. The van der Waals surface area contributed by atoms with E-state index < -0.39 is 0 Å². The average molecular weight is 368 g/mol. The van der Waals surface area contributed by atoms with Gasteiger partial charge in [0.25, 0.3) is 0 Å². The van der Waals surface area contributed by atoms with Crippen LogP contribution in [0.4, 0.5) is 0 Å². The third-order valence-electron chi connectivity index (χ3n) is 7.27. The summed E-state index contributed by atoms with van der Waals surface area (Å²) in [6.07, 6.45) is 3.82. The highest BCUT2D eigenvalue weighted by atomic mass is 16.5. The van der Waals surface area contributed by atoms with Gasteiger partial charge in [-0.25, -0.2) is 4.98 Å². The van der Waals surface area contributed by atoms with Gasteiger partial charge in [0, 0.05) is 32.1 Å². The number of nitrogens with zero attached hydrogens (tertiary/aromatic N) is 4. The van der Waals surface area contributed by atoms with Gasteiger partial charge in [-0.2, -0.15) is 0 Å². The summed E-state index contributed by atoms with van der Waals surface area (Å²) in [6, 6.07) is 9.13. The number of para-hydroxylation sites is 2. The number of aromatic nitrogens is 2. The summed E-state index contributed by atoms with van der Waals surface area (Å²) in [5.74, 6) is 1.90. The molecule has 0 bridgehead atoms. The highest BCUT2D eigenvalue weighted by Gasteiger charge is 2.60. The van der Waals surface area contributed by atoms with Crippen molar-refractivity contribution < 1.29 is 9.47 Å². The second-order valence-electron chi connectivity index (χ2n) is 8.36. The molecule has 4 heterocycles. The Bertz CT molecular complexity index is 840. The fourth-order valence-electron chi connectivity index (χ4n) is 6.27. The van der Waals surface area contributed by atoms with Gasteiger partial charge in [-0.15, -0.1) is 0 Å². The molecule has 2 aromatic rings. The van der Waals surface area contributed by atoms with Gasteiger partial charge in [-0.05, 0) is 31.4 Å². The Balaban J connectivity index is 1.55. The van der Waals surface area contributed by atoms with Crippen LogP contribution in [0.15, 0.2) is 24.3 Å². The number of rotatable bonds is 2. The first-order valence-corrected chi connectivity index (χ1v) is 10.5. The Morgan fingerprint density at radius 1 is 0.963 bits per heavy atom. The zero-order valence-electron chi connectivity index (χ0n) is 15.8. The fraction of sp³-hybridized carbons (Fsp3) is 0.667. The summed E-state index contributed by atoms with van der Waals surface area (Å²) in [7, 11) is 0. The van der Waals surface area contributed by atoms with E-state index in [2.05, 4.69) is 38.6 Å². The van der Waals surface area contributed by atoms with E-state index in [1.54, 1.807) is 0 Å². The zero-order chi connectivity index (χ0) is 17.8. The summed E-state index contributed by atoms with van der Waals surface area (Å²) >= 11 is 0. The number of fused-ring (bicyclic) bond motifs is 5. The lowest BCUT2D eigenvalue weighted by Crippen LogP contribution is -2.55. The van der Waals surface area contributed by atoms with Crippen LogP contribution in [0.25, 0.3) is 11.0 Å². The predicted octanol–water partition coefficient (Wildman–Crippen LogP) is 2.21. The molecule has 3 fully saturated rings. The summed E-state index contributed by atoms with van der Waals surface area (Å²) in [4.78, 5) is 10.6. The van der Waals surface area contributed by atoms with E-state index >= 15 is 0 Å². The lowest BCUT2D eigenvalue weighted by molar-refractivity contribution is -0.0821. The second kappa shape index (κ2) is 6.27. The number of ether oxygens (including phenoxy) is 2. The Morgan fingerprint density at radius 2 is 1.70 bits per heavy atom. The topological polar surface area (TPSA) is 42.8 Å². The SMILES string of the molecule is c1ccc2c(c1)nc1n2[C@]2(N3CCOCC3)CCC[C@H]2[C@H]1N1CCOCC1. The summed E-state index contributed by atoms with van der Waals surface area (Å²) in [5, 5.41) is 0. The molecular weight excluding hydrogens is 340 g/mol. The molecule has 1 aromatic carbocycles. The van der Waals surface area contributed by atoms with Crippen LogP contribution in [0.2, 0.25) is 0 Å². The van der Waals surface area contributed by atoms with Gasteiger partial charge in [0.05, 0.1) is 43.5 Å². The number of morpholine rings is 2. The highest BCUT2D eigenvalue weighted by Crippen LogP contribution is 2.58. The number of benzene rings is 1. The largest absolute Gasteiger partial charge is 0.379 e. The van der Waals surface area contributed by atoms with Gasteiger partial charge in [0.2, 0.25) is 0 Å². The second-order valence-corrected chi connectivity index (χ2v) is 8.36. The average Bonchev–Trinajstić information content (AvgIpc) is 3.38. The Kier molecular flexibility index (Phi) is 3.83. The molecule has 0 amide bonds. The third kappa shape index (κ3) is 2.24. The van der Waals surface area contributed by atoms with Crippen LogP contribution >= 0.6 is 0 Å². The molecule has 1 saturated carbocycles. The van der Waals surface area contributed by atoms with E-state index in [9.17, 15) is 0 Å². The zero-order valence-corrected chi connectivity index (χ0v) is 15.8. The minimum atomic E-state index is 0.0676. The lowest BCUT2D eigenvalue weighted by Gasteiger charge is -2.46. The van der Waals surface area contributed by atoms with Crippen molar-refractivity contribution in [1.29, 1.82) is 0 Å². The van der Waals surface area contributed by atoms with Gasteiger partial charge in [-0.1, -0.05) is 12.1 Å². The minimum absolute atomic E-state index is 0.0676. The number of imidazole rings is 1. The molecule has 2 saturated heterocycles. The monoisotopic (exact) mass is 368 g/mol. The van der Waals surface area contributed by atoms with Crippen molar-refractivity contribution >= 4 is 11.0 Å². The standard InChI is InChI=1S/C21H28N4O2/c1-2-6-18-17(5-1)22-20-19(23-8-12-26-13-9-23)16-4-3-7-21(16,25(18)20)24-10-14-27-15-11-24/h1-2,5-6,16,19H,3-4,7-15H2/t16-,19+,21+/m0/s1. The van der Waals surface area contributed by atoms with Crippen LogP contribution in [0, 0.1) is 5.92 Å². The van der Waals surface area contributed by atoms with Gasteiger partial charge in [-0.3, -0.25) is 9.80 Å². The third-order valence-corrected chi connectivity index (χ3v) is 7.27. The molecule has 0 radical (unpaired) electrons. The van der Waals surface area contributed by atoms with Crippen molar-refractivity contribution in [3.05, 3.63) is 30.1 Å². The van der Waals surface area contributed by atoms with Crippen molar-refractivity contribution in [2.24, 2.45) is 5.92 Å². The molecule has 4 aliphatic rings. The molecule has 6 nitrogen and oxygen atoms in total. The summed E-state index contributed by atoms with van der Waals surface area (Å²) in [6.45, 7) is 7.46. The lowest BCUT2D eigenvalue weighted by atomic mass is 9.89. The van der Waals surface area contributed by atoms with Crippen LogP contribution in [-0.2, 0) is 15.1 Å². The first-order valence-electron chi connectivity index (χ1n) is 10.5. The molecule has 0 spiro atoms. The molecule has 6 heteroatoms. The van der Waals surface area contributed by atoms with Crippen molar-refractivity contribution in [3.8, 4) is 0 Å². The molecule has 3 atom stereocenters. The van der Waals surface area contributed by atoms with Gasteiger partial charge in [0.15, 0.2) is 0 Å². The van der Waals surface area contributed by atoms with Crippen molar-refractivity contribution in [1.82, 2.24) is 19.4 Å². The van der Waals surface area contributed by atoms with Crippen LogP contribution in [-0.4, -0.2) is 72.0 Å². The fourth-order valence-corrected chi connectivity index (χ4v) is 6.27. The molecule has 3 aliphatic heterocycles. The van der Waals surface area contributed by atoms with Gasteiger partial charge >= 0.3 is 0 Å². The number of hydrogen-bond acceptors (Lipinski definition) is 5. The molecule has 0 unspecified atom stereocenters. The smallest absolute Gasteiger partial charge is 0.129 e. The Labute approximate surface area is 160 Å². The first kappa shape index (κ1) is 16.5. The molecule has 144 valence electrons. The molecule has 1 aliphatic carbocycles. The van der Waals surface area contributed by atoms with Crippen LogP contribution in [0.3, 0.4) is 0 Å². The van der Waals surface area contributed by atoms with Crippen molar-refractivity contribution in [2.45, 2.75) is 31.0 Å². The summed E-state index contributed by atoms with van der Waals surface area (Å²) < 4.78 is 14.0. The maximum Gasteiger partial charge on any atom is 0.129 e. The van der Waals surface area contributed by atoms with Crippen molar-refractivity contribution in [2.75, 3.05) is 52.6 Å². The Hall–Kier alpha value is -1.47. The van der Waals surface area contributed by atoms with E-state index in [-0.39, 0.29) is 5.66 Å². The van der Waals surface area contributed by atoms with E-state index in [0.29, 0.717) is 12.0 Å². The minimum Gasteiger partial charge on any atom is -0.379 e. The normalized spacial score (nSPS) is 34.8. The van der Waals surface area contributed by atoms with Crippen molar-refractivity contribution in [3.63, 3.8) is 0 Å². The number of hydrogen-bond donors (Lipinski definition) is 0. The quantitative estimate of drug-likeness (QED) is 0.813. The maximum absolute atomic E-state index is 5.71. The van der Waals surface area contributed by atoms with E-state index in [4.69, 9.17) is 14.5 Å². The summed E-state index contributed by atoms with van der Waals surface area (Å²) in [5.41, 5.74) is 2.52. The highest BCUT2D eigenvalue weighted by molar-refractivity contribution is 5.77. The van der Waals surface area contributed by atoms with E-state index in [1.165, 1.54) is 30.6 Å². The maximum atomic E-state index is 5.71. The Morgan fingerprint density at radius 3 is 2.52 bits per heavy atom. The molecule has 6 rings (SSSR count). The van der Waals surface area contributed by atoms with Gasteiger partial charge < -0.3 is 14.0 Å². The first-order chi connectivity index (χ1) is 13.4. The van der Waals surface area contributed by atoms with E-state index in [1.807, 2.05) is 0 Å². The molecular formula is C21H28N4O2. The van der Waals surface area contributed by atoms with Crippen LogP contribution < -0.4 is 0 Å². The predicted molar refractivity (Wildman–Crippen MR) is 103 cm³/mol. The molecule has 0 N–H and O–H groups in total.